The summed E-state index contributed by atoms with van der Waals surface area (Å²) in [6, 6.07) is 8.24. The third-order valence-electron chi connectivity index (χ3n) is 3.24. The molecule has 1 aromatic carbocycles. The van der Waals surface area contributed by atoms with Crippen molar-refractivity contribution in [1.82, 2.24) is 9.38 Å². The normalized spacial score (nSPS) is 11.5. The summed E-state index contributed by atoms with van der Waals surface area (Å²) in [5, 5.41) is 1.87. The van der Waals surface area contributed by atoms with E-state index in [1.807, 2.05) is 24.5 Å². The van der Waals surface area contributed by atoms with Gasteiger partial charge < -0.3 is 0 Å². The van der Waals surface area contributed by atoms with E-state index in [1.54, 1.807) is 10.6 Å². The zero-order chi connectivity index (χ0) is 14.1. The zero-order valence-corrected chi connectivity index (χ0v) is 12.1. The van der Waals surface area contributed by atoms with Gasteiger partial charge >= 0.3 is 0 Å². The molecule has 0 unspecified atom stereocenters. The summed E-state index contributed by atoms with van der Waals surface area (Å²) in [4.78, 5) is 17.4. The molecule has 0 fully saturated rings. The Morgan fingerprint density at radius 2 is 1.90 bits per heavy atom. The van der Waals surface area contributed by atoms with Gasteiger partial charge in [0.05, 0.1) is 5.69 Å². The van der Waals surface area contributed by atoms with Crippen molar-refractivity contribution < 1.29 is 0 Å². The Kier molecular flexibility index (Phi) is 3.24. The second-order valence-corrected chi connectivity index (χ2v) is 5.60. The maximum absolute atomic E-state index is 12.2. The van der Waals surface area contributed by atoms with Crippen molar-refractivity contribution in [3.63, 3.8) is 0 Å². The quantitative estimate of drug-likeness (QED) is 0.720. The van der Waals surface area contributed by atoms with Crippen molar-refractivity contribution in [2.45, 2.75) is 13.8 Å². The van der Waals surface area contributed by atoms with E-state index in [0.717, 1.165) is 16.2 Å². The van der Waals surface area contributed by atoms with Crippen molar-refractivity contribution in [3.8, 4) is 0 Å². The van der Waals surface area contributed by atoms with Gasteiger partial charge in [-0.05, 0) is 25.5 Å². The number of rotatable bonds is 2. The van der Waals surface area contributed by atoms with Crippen molar-refractivity contribution in [2.24, 2.45) is 0 Å². The van der Waals surface area contributed by atoms with Crippen LogP contribution < -0.4 is 5.56 Å². The van der Waals surface area contributed by atoms with Crippen LogP contribution in [0.3, 0.4) is 0 Å². The van der Waals surface area contributed by atoms with Gasteiger partial charge in [0.15, 0.2) is 4.96 Å². The lowest BCUT2D eigenvalue weighted by Crippen LogP contribution is -2.17. The van der Waals surface area contributed by atoms with E-state index in [4.69, 9.17) is 0 Å². The standard InChI is InChI=1S/C16H14N2OS/c1-11-3-5-13(6-4-11)7-8-14-12(2)15(19)18-9-10-20-16(18)17-14/h3-10H,1-2H3/b8-7+. The Morgan fingerprint density at radius 1 is 1.15 bits per heavy atom. The molecule has 0 saturated carbocycles. The van der Waals surface area contributed by atoms with Gasteiger partial charge in [-0.25, -0.2) is 4.98 Å². The highest BCUT2D eigenvalue weighted by atomic mass is 32.1. The van der Waals surface area contributed by atoms with Crippen LogP contribution in [0, 0.1) is 13.8 Å². The molecular formula is C16H14N2OS. The Labute approximate surface area is 120 Å². The molecule has 0 aliphatic carbocycles. The number of nitrogens with zero attached hydrogens (tertiary/aromatic N) is 2. The third kappa shape index (κ3) is 2.30. The van der Waals surface area contributed by atoms with E-state index in [2.05, 4.69) is 36.2 Å². The number of hydrogen-bond donors (Lipinski definition) is 0. The number of hydrogen-bond acceptors (Lipinski definition) is 3. The van der Waals surface area contributed by atoms with Crippen molar-refractivity contribution in [3.05, 3.63) is 68.6 Å². The molecule has 3 rings (SSSR count). The highest BCUT2D eigenvalue weighted by molar-refractivity contribution is 7.15. The van der Waals surface area contributed by atoms with Gasteiger partial charge in [0.1, 0.15) is 0 Å². The molecule has 0 N–H and O–H groups in total. The highest BCUT2D eigenvalue weighted by Crippen LogP contribution is 2.13. The summed E-state index contributed by atoms with van der Waals surface area (Å²) >= 11 is 1.47. The minimum absolute atomic E-state index is 0.000180. The second-order valence-electron chi connectivity index (χ2n) is 4.73. The van der Waals surface area contributed by atoms with Crippen molar-refractivity contribution in [1.29, 1.82) is 0 Å². The maximum Gasteiger partial charge on any atom is 0.262 e. The molecule has 20 heavy (non-hydrogen) atoms. The van der Waals surface area contributed by atoms with Gasteiger partial charge in [-0.2, -0.15) is 0 Å². The van der Waals surface area contributed by atoms with Crippen LogP contribution in [0.4, 0.5) is 0 Å². The van der Waals surface area contributed by atoms with Gasteiger partial charge in [0, 0.05) is 17.1 Å². The van der Waals surface area contributed by atoms with Crippen LogP contribution in [-0.4, -0.2) is 9.38 Å². The number of aromatic nitrogens is 2. The first-order valence-electron chi connectivity index (χ1n) is 6.36. The smallest absolute Gasteiger partial charge is 0.262 e. The van der Waals surface area contributed by atoms with E-state index in [9.17, 15) is 4.79 Å². The topological polar surface area (TPSA) is 34.4 Å². The predicted molar refractivity (Wildman–Crippen MR) is 84.2 cm³/mol. The Balaban J connectivity index is 2.04. The average molecular weight is 282 g/mol. The lowest BCUT2D eigenvalue weighted by molar-refractivity contribution is 1.03. The average Bonchev–Trinajstić information content (AvgIpc) is 2.91. The summed E-state index contributed by atoms with van der Waals surface area (Å²) in [5.41, 5.74) is 3.74. The van der Waals surface area contributed by atoms with Crippen LogP contribution in [0.1, 0.15) is 22.4 Å². The van der Waals surface area contributed by atoms with Crippen LogP contribution in [-0.2, 0) is 0 Å². The summed E-state index contributed by atoms with van der Waals surface area (Å²) < 4.78 is 1.59. The van der Waals surface area contributed by atoms with E-state index in [-0.39, 0.29) is 5.56 Å². The fraction of sp³-hybridized carbons (Fsp3) is 0.125. The molecule has 0 saturated heterocycles. The second kappa shape index (κ2) is 5.06. The molecule has 3 nitrogen and oxygen atoms in total. The molecule has 0 aliphatic rings. The van der Waals surface area contributed by atoms with Gasteiger partial charge in [-0.3, -0.25) is 9.20 Å². The van der Waals surface area contributed by atoms with E-state index in [1.165, 1.54) is 16.9 Å². The predicted octanol–water partition coefficient (Wildman–Crippen LogP) is 3.54. The van der Waals surface area contributed by atoms with E-state index >= 15 is 0 Å². The van der Waals surface area contributed by atoms with Crippen LogP contribution in [0.2, 0.25) is 0 Å². The molecule has 2 aromatic heterocycles. The first-order valence-corrected chi connectivity index (χ1v) is 7.24. The fourth-order valence-electron chi connectivity index (χ4n) is 2.00. The Morgan fingerprint density at radius 3 is 2.65 bits per heavy atom. The lowest BCUT2D eigenvalue weighted by atomic mass is 10.1. The Bertz CT molecular complexity index is 841. The number of thiazole rings is 1. The highest BCUT2D eigenvalue weighted by Gasteiger charge is 2.06. The number of aryl methyl sites for hydroxylation is 1. The molecule has 0 bridgehead atoms. The summed E-state index contributed by atoms with van der Waals surface area (Å²) in [6.07, 6.45) is 5.65. The largest absolute Gasteiger partial charge is 0.269 e. The lowest BCUT2D eigenvalue weighted by Gasteiger charge is -2.00. The molecule has 4 heteroatoms. The maximum atomic E-state index is 12.2. The van der Waals surface area contributed by atoms with Crippen LogP contribution >= 0.6 is 11.3 Å². The molecule has 0 spiro atoms. The minimum atomic E-state index is -0.000180. The molecule has 0 amide bonds. The van der Waals surface area contributed by atoms with E-state index in [0.29, 0.717) is 5.56 Å². The first kappa shape index (κ1) is 12.8. The van der Waals surface area contributed by atoms with Crippen LogP contribution in [0.25, 0.3) is 17.1 Å². The van der Waals surface area contributed by atoms with Gasteiger partial charge in [0.2, 0.25) is 0 Å². The monoisotopic (exact) mass is 282 g/mol. The molecule has 0 radical (unpaired) electrons. The van der Waals surface area contributed by atoms with Gasteiger partial charge in [-0.1, -0.05) is 35.9 Å². The molecule has 0 atom stereocenters. The van der Waals surface area contributed by atoms with Gasteiger partial charge in [0.25, 0.3) is 5.56 Å². The summed E-state index contributed by atoms with van der Waals surface area (Å²) in [6.45, 7) is 3.87. The molecule has 0 aliphatic heterocycles. The van der Waals surface area contributed by atoms with Crippen molar-refractivity contribution in [2.75, 3.05) is 0 Å². The molecule has 3 aromatic rings. The molecular weight excluding hydrogens is 268 g/mol. The number of benzene rings is 1. The van der Waals surface area contributed by atoms with Gasteiger partial charge in [-0.15, -0.1) is 11.3 Å². The SMILES string of the molecule is Cc1ccc(/C=C/c2nc3sccn3c(=O)c2C)cc1. The first-order chi connectivity index (χ1) is 9.65. The van der Waals surface area contributed by atoms with E-state index < -0.39 is 0 Å². The van der Waals surface area contributed by atoms with Crippen LogP contribution in [0.5, 0.6) is 0 Å². The fourth-order valence-corrected chi connectivity index (χ4v) is 2.71. The van der Waals surface area contributed by atoms with Crippen molar-refractivity contribution >= 4 is 28.4 Å². The molecule has 2 heterocycles. The Hall–Kier alpha value is -2.20. The summed E-state index contributed by atoms with van der Waals surface area (Å²) in [7, 11) is 0. The minimum Gasteiger partial charge on any atom is -0.269 e. The third-order valence-corrected chi connectivity index (χ3v) is 4.00. The summed E-state index contributed by atoms with van der Waals surface area (Å²) in [5.74, 6) is 0. The number of fused-ring (bicyclic) bond motifs is 1. The zero-order valence-electron chi connectivity index (χ0n) is 11.3. The van der Waals surface area contributed by atoms with Crippen LogP contribution in [0.15, 0.2) is 40.6 Å². The molecule has 100 valence electrons.